The highest BCUT2D eigenvalue weighted by Gasteiger charge is 2.09. The molecule has 2 aromatic rings. The van der Waals surface area contributed by atoms with Gasteiger partial charge in [0.15, 0.2) is 0 Å². The fourth-order valence-electron chi connectivity index (χ4n) is 1.38. The standard InChI is InChI=1S/C9H7F2N3/c1-4-8-6(11)2-5(10)3-7(8)14-9(12)13-4/h2-3H,1H3,(H2,12,13,14). The van der Waals surface area contributed by atoms with Gasteiger partial charge in [0.1, 0.15) is 11.6 Å². The van der Waals surface area contributed by atoms with Crippen molar-refractivity contribution in [3.63, 3.8) is 0 Å². The largest absolute Gasteiger partial charge is 0.368 e. The zero-order valence-electron chi connectivity index (χ0n) is 7.38. The molecule has 0 saturated carbocycles. The van der Waals surface area contributed by atoms with Crippen molar-refractivity contribution in [2.75, 3.05) is 5.73 Å². The molecule has 5 heteroatoms. The molecule has 2 N–H and O–H groups in total. The van der Waals surface area contributed by atoms with Crippen LogP contribution in [0.5, 0.6) is 0 Å². The summed E-state index contributed by atoms with van der Waals surface area (Å²) in [6.07, 6.45) is 0. The van der Waals surface area contributed by atoms with Gasteiger partial charge < -0.3 is 5.73 Å². The fourth-order valence-corrected chi connectivity index (χ4v) is 1.38. The van der Waals surface area contributed by atoms with E-state index in [0.29, 0.717) is 5.69 Å². The Kier molecular flexibility index (Phi) is 1.80. The van der Waals surface area contributed by atoms with Crippen molar-refractivity contribution in [2.45, 2.75) is 6.92 Å². The maximum atomic E-state index is 13.3. The van der Waals surface area contributed by atoms with Crippen molar-refractivity contribution in [1.82, 2.24) is 9.97 Å². The lowest BCUT2D eigenvalue weighted by Gasteiger charge is -2.03. The maximum absolute atomic E-state index is 13.3. The molecule has 1 heterocycles. The van der Waals surface area contributed by atoms with E-state index in [-0.39, 0.29) is 16.9 Å². The third-order valence-electron chi connectivity index (χ3n) is 1.91. The Morgan fingerprint density at radius 1 is 1.21 bits per heavy atom. The average molecular weight is 195 g/mol. The van der Waals surface area contributed by atoms with Gasteiger partial charge in [0.2, 0.25) is 5.95 Å². The molecule has 72 valence electrons. The molecule has 0 fully saturated rings. The number of benzene rings is 1. The third-order valence-corrected chi connectivity index (χ3v) is 1.91. The number of hydrogen-bond acceptors (Lipinski definition) is 3. The van der Waals surface area contributed by atoms with E-state index in [1.165, 1.54) is 0 Å². The molecule has 0 unspecified atom stereocenters. The minimum Gasteiger partial charge on any atom is -0.368 e. The minimum absolute atomic E-state index is 0.0139. The zero-order valence-corrected chi connectivity index (χ0v) is 7.38. The topological polar surface area (TPSA) is 51.8 Å². The van der Waals surface area contributed by atoms with Crippen LogP contribution < -0.4 is 5.73 Å². The Morgan fingerprint density at radius 3 is 2.64 bits per heavy atom. The van der Waals surface area contributed by atoms with E-state index in [2.05, 4.69) is 9.97 Å². The summed E-state index contributed by atoms with van der Waals surface area (Å²) in [5, 5.41) is 0.209. The normalized spacial score (nSPS) is 10.8. The second-order valence-corrected chi connectivity index (χ2v) is 2.95. The Balaban J connectivity index is 2.94. The van der Waals surface area contributed by atoms with Crippen LogP contribution in [0, 0.1) is 18.6 Å². The molecular formula is C9H7F2N3. The van der Waals surface area contributed by atoms with E-state index >= 15 is 0 Å². The van der Waals surface area contributed by atoms with Crippen molar-refractivity contribution in [2.24, 2.45) is 0 Å². The predicted molar refractivity (Wildman–Crippen MR) is 48.6 cm³/mol. The molecule has 1 aromatic carbocycles. The second-order valence-electron chi connectivity index (χ2n) is 2.95. The summed E-state index contributed by atoms with van der Waals surface area (Å²) in [6.45, 7) is 1.60. The van der Waals surface area contributed by atoms with Crippen LogP contribution >= 0.6 is 0 Å². The van der Waals surface area contributed by atoms with Gasteiger partial charge in [-0.05, 0) is 6.92 Å². The Labute approximate surface area is 78.6 Å². The number of nitrogen functional groups attached to an aromatic ring is 1. The van der Waals surface area contributed by atoms with E-state index in [1.54, 1.807) is 6.92 Å². The lowest BCUT2D eigenvalue weighted by Crippen LogP contribution is -1.99. The van der Waals surface area contributed by atoms with Crippen molar-refractivity contribution >= 4 is 16.9 Å². The quantitative estimate of drug-likeness (QED) is 0.697. The number of aromatic nitrogens is 2. The SMILES string of the molecule is Cc1nc(N)nc2cc(F)cc(F)c12. The van der Waals surface area contributed by atoms with Crippen LogP contribution in [0.3, 0.4) is 0 Å². The Bertz CT molecular complexity index is 468. The maximum Gasteiger partial charge on any atom is 0.220 e. The number of nitrogens with zero attached hydrogens (tertiary/aromatic N) is 2. The number of rotatable bonds is 0. The molecular weight excluding hydrogens is 188 g/mol. The van der Waals surface area contributed by atoms with Gasteiger partial charge in [-0.25, -0.2) is 18.7 Å². The van der Waals surface area contributed by atoms with Crippen molar-refractivity contribution < 1.29 is 8.78 Å². The first kappa shape index (κ1) is 8.80. The number of aryl methyl sites for hydroxylation is 1. The molecule has 0 spiro atoms. The summed E-state index contributed by atoms with van der Waals surface area (Å²) in [4.78, 5) is 7.54. The molecule has 0 saturated heterocycles. The predicted octanol–water partition coefficient (Wildman–Crippen LogP) is 1.80. The van der Waals surface area contributed by atoms with Gasteiger partial charge in [-0.1, -0.05) is 0 Å². The summed E-state index contributed by atoms with van der Waals surface area (Å²) >= 11 is 0. The molecule has 0 aliphatic heterocycles. The molecule has 0 bridgehead atoms. The number of nitrogens with two attached hydrogens (primary N) is 1. The number of anilines is 1. The van der Waals surface area contributed by atoms with Gasteiger partial charge in [-0.2, -0.15) is 0 Å². The van der Waals surface area contributed by atoms with Gasteiger partial charge in [-0.3, -0.25) is 0 Å². The van der Waals surface area contributed by atoms with Crippen LogP contribution in [0.4, 0.5) is 14.7 Å². The first-order valence-corrected chi connectivity index (χ1v) is 3.97. The van der Waals surface area contributed by atoms with Crippen molar-refractivity contribution in [3.8, 4) is 0 Å². The fraction of sp³-hybridized carbons (Fsp3) is 0.111. The summed E-state index contributed by atoms with van der Waals surface area (Å²) < 4.78 is 26.1. The second kappa shape index (κ2) is 2.87. The molecule has 0 amide bonds. The molecule has 1 aromatic heterocycles. The van der Waals surface area contributed by atoms with Crippen molar-refractivity contribution in [1.29, 1.82) is 0 Å². The van der Waals surface area contributed by atoms with E-state index in [9.17, 15) is 8.78 Å². The first-order valence-electron chi connectivity index (χ1n) is 3.97. The molecule has 2 rings (SSSR count). The van der Waals surface area contributed by atoms with E-state index in [4.69, 9.17) is 5.73 Å². The van der Waals surface area contributed by atoms with Crippen LogP contribution in [-0.4, -0.2) is 9.97 Å². The van der Waals surface area contributed by atoms with Crippen LogP contribution in [0.1, 0.15) is 5.69 Å². The van der Waals surface area contributed by atoms with Gasteiger partial charge in [-0.15, -0.1) is 0 Å². The van der Waals surface area contributed by atoms with Crippen LogP contribution in [0.2, 0.25) is 0 Å². The van der Waals surface area contributed by atoms with Gasteiger partial charge in [0, 0.05) is 12.1 Å². The molecule has 14 heavy (non-hydrogen) atoms. The highest BCUT2D eigenvalue weighted by atomic mass is 19.1. The summed E-state index contributed by atoms with van der Waals surface area (Å²) in [6, 6.07) is 1.93. The lowest BCUT2D eigenvalue weighted by molar-refractivity contribution is 0.591. The smallest absolute Gasteiger partial charge is 0.220 e. The average Bonchev–Trinajstić information content (AvgIpc) is 1.99. The molecule has 0 atom stereocenters. The zero-order chi connectivity index (χ0) is 10.3. The highest BCUT2D eigenvalue weighted by Crippen LogP contribution is 2.20. The van der Waals surface area contributed by atoms with Gasteiger partial charge in [0.05, 0.1) is 16.6 Å². The molecule has 0 aliphatic carbocycles. The number of halogens is 2. The van der Waals surface area contributed by atoms with Crippen LogP contribution in [-0.2, 0) is 0 Å². The Morgan fingerprint density at radius 2 is 1.93 bits per heavy atom. The molecule has 0 radical (unpaired) electrons. The Hall–Kier alpha value is -1.78. The number of hydrogen-bond donors (Lipinski definition) is 1. The lowest BCUT2D eigenvalue weighted by atomic mass is 10.2. The van der Waals surface area contributed by atoms with Crippen LogP contribution in [0.25, 0.3) is 10.9 Å². The number of fused-ring (bicyclic) bond motifs is 1. The summed E-state index contributed by atoms with van der Waals surface area (Å²) in [5.41, 5.74) is 5.95. The monoisotopic (exact) mass is 195 g/mol. The first-order chi connectivity index (χ1) is 6.58. The van der Waals surface area contributed by atoms with E-state index in [1.807, 2.05) is 0 Å². The van der Waals surface area contributed by atoms with E-state index < -0.39 is 11.6 Å². The molecule has 0 aliphatic rings. The highest BCUT2D eigenvalue weighted by molar-refractivity contribution is 5.82. The molecule has 3 nitrogen and oxygen atoms in total. The third kappa shape index (κ3) is 1.26. The van der Waals surface area contributed by atoms with Gasteiger partial charge in [0.25, 0.3) is 0 Å². The summed E-state index contributed by atoms with van der Waals surface area (Å²) in [7, 11) is 0. The summed E-state index contributed by atoms with van der Waals surface area (Å²) in [5.74, 6) is -1.33. The van der Waals surface area contributed by atoms with E-state index in [0.717, 1.165) is 12.1 Å². The van der Waals surface area contributed by atoms with Crippen molar-refractivity contribution in [3.05, 3.63) is 29.5 Å². The minimum atomic E-state index is -0.674. The van der Waals surface area contributed by atoms with Crippen LogP contribution in [0.15, 0.2) is 12.1 Å². The van der Waals surface area contributed by atoms with Gasteiger partial charge >= 0.3 is 0 Å².